The summed E-state index contributed by atoms with van der Waals surface area (Å²) in [5.74, 6) is -0.229. The molecule has 2 aromatic carbocycles. The first-order valence-electron chi connectivity index (χ1n) is 7.65. The number of ether oxygens (including phenoxy) is 1. The van der Waals surface area contributed by atoms with Gasteiger partial charge in [0.2, 0.25) is 0 Å². The van der Waals surface area contributed by atoms with E-state index < -0.39 is 0 Å². The number of esters is 1. The van der Waals surface area contributed by atoms with E-state index in [9.17, 15) is 4.79 Å². The van der Waals surface area contributed by atoms with E-state index in [-0.39, 0.29) is 5.97 Å². The molecule has 0 amide bonds. The number of halogens is 1. The highest BCUT2D eigenvalue weighted by Gasteiger charge is 2.14. The van der Waals surface area contributed by atoms with Gasteiger partial charge in [-0.2, -0.15) is 0 Å². The third-order valence-electron chi connectivity index (χ3n) is 4.29. The summed E-state index contributed by atoms with van der Waals surface area (Å²) in [6, 6.07) is 12.9. The second-order valence-corrected chi connectivity index (χ2v) is 6.62. The molecule has 0 fully saturated rings. The summed E-state index contributed by atoms with van der Waals surface area (Å²) in [6.07, 6.45) is 4.80. The topological polar surface area (TPSA) is 26.3 Å². The minimum Gasteiger partial charge on any atom is -0.465 e. The molecule has 22 heavy (non-hydrogen) atoms. The molecular formula is C19H19BrO2. The molecule has 0 aliphatic heterocycles. The molecule has 3 heteroatoms. The molecule has 2 nitrogen and oxygen atoms in total. The number of carbonyl (C=O) groups is 1. The van der Waals surface area contributed by atoms with Crippen molar-refractivity contribution >= 4 is 21.9 Å². The van der Waals surface area contributed by atoms with E-state index in [2.05, 4.69) is 46.3 Å². The van der Waals surface area contributed by atoms with Crippen LogP contribution in [0.5, 0.6) is 0 Å². The SMILES string of the molecule is COC(=O)c1cc2ccc1CCCc1ccc(cc1Br)CC2. The van der Waals surface area contributed by atoms with Crippen molar-refractivity contribution in [2.24, 2.45) is 0 Å². The maximum Gasteiger partial charge on any atom is 0.338 e. The first-order chi connectivity index (χ1) is 10.7. The van der Waals surface area contributed by atoms with Crippen molar-refractivity contribution in [1.29, 1.82) is 0 Å². The number of methoxy groups -OCH3 is 1. The van der Waals surface area contributed by atoms with Crippen molar-refractivity contribution < 1.29 is 9.53 Å². The Kier molecular flexibility index (Phi) is 4.63. The van der Waals surface area contributed by atoms with Crippen molar-refractivity contribution in [3.05, 3.63) is 68.7 Å². The lowest BCUT2D eigenvalue weighted by Crippen LogP contribution is -2.07. The molecule has 0 unspecified atom stereocenters. The van der Waals surface area contributed by atoms with Crippen molar-refractivity contribution in [3.63, 3.8) is 0 Å². The molecule has 0 spiro atoms. The Morgan fingerprint density at radius 2 is 1.59 bits per heavy atom. The second kappa shape index (κ2) is 6.66. The largest absolute Gasteiger partial charge is 0.465 e. The zero-order valence-electron chi connectivity index (χ0n) is 12.7. The van der Waals surface area contributed by atoms with Crippen molar-refractivity contribution in [1.82, 2.24) is 0 Å². The van der Waals surface area contributed by atoms with Crippen LogP contribution in [0.4, 0.5) is 0 Å². The van der Waals surface area contributed by atoms with Crippen LogP contribution in [0.15, 0.2) is 40.9 Å². The average molecular weight is 359 g/mol. The molecule has 0 N–H and O–H groups in total. The van der Waals surface area contributed by atoms with Crippen LogP contribution >= 0.6 is 15.9 Å². The fraction of sp³-hybridized carbons (Fsp3) is 0.316. The first-order valence-corrected chi connectivity index (χ1v) is 8.44. The Morgan fingerprint density at radius 3 is 2.27 bits per heavy atom. The molecule has 0 saturated heterocycles. The lowest BCUT2D eigenvalue weighted by Gasteiger charge is -2.10. The van der Waals surface area contributed by atoms with Crippen LogP contribution in [-0.4, -0.2) is 13.1 Å². The third kappa shape index (κ3) is 3.25. The predicted molar refractivity (Wildman–Crippen MR) is 91.4 cm³/mol. The van der Waals surface area contributed by atoms with Crippen LogP contribution in [0.1, 0.15) is 39.0 Å². The third-order valence-corrected chi connectivity index (χ3v) is 5.03. The summed E-state index contributed by atoms with van der Waals surface area (Å²) >= 11 is 3.68. The highest BCUT2D eigenvalue weighted by Crippen LogP contribution is 2.24. The van der Waals surface area contributed by atoms with E-state index >= 15 is 0 Å². The van der Waals surface area contributed by atoms with E-state index in [1.54, 1.807) is 0 Å². The number of hydrogen-bond donors (Lipinski definition) is 0. The summed E-state index contributed by atoms with van der Waals surface area (Å²) in [5.41, 5.74) is 5.64. The summed E-state index contributed by atoms with van der Waals surface area (Å²) in [7, 11) is 1.45. The van der Waals surface area contributed by atoms with Gasteiger partial charge >= 0.3 is 5.97 Å². The molecule has 0 heterocycles. The van der Waals surface area contributed by atoms with Crippen LogP contribution < -0.4 is 0 Å². The molecule has 0 atom stereocenters. The fourth-order valence-electron chi connectivity index (χ4n) is 3.00. The highest BCUT2D eigenvalue weighted by molar-refractivity contribution is 9.10. The summed E-state index contributed by atoms with van der Waals surface area (Å²) in [5, 5.41) is 0. The van der Waals surface area contributed by atoms with Gasteiger partial charge in [0.1, 0.15) is 0 Å². The highest BCUT2D eigenvalue weighted by atomic mass is 79.9. The normalized spacial score (nSPS) is 14.1. The molecule has 4 aliphatic carbocycles. The van der Waals surface area contributed by atoms with Gasteiger partial charge in [0.15, 0.2) is 0 Å². The van der Waals surface area contributed by atoms with Crippen molar-refractivity contribution in [2.75, 3.05) is 7.11 Å². The smallest absolute Gasteiger partial charge is 0.338 e. The van der Waals surface area contributed by atoms with Gasteiger partial charge in [0.05, 0.1) is 12.7 Å². The lowest BCUT2D eigenvalue weighted by molar-refractivity contribution is 0.0599. The molecule has 2 aromatic rings. The monoisotopic (exact) mass is 358 g/mol. The van der Waals surface area contributed by atoms with Gasteiger partial charge in [-0.3, -0.25) is 0 Å². The molecular weight excluding hydrogens is 340 g/mol. The van der Waals surface area contributed by atoms with E-state index in [0.29, 0.717) is 0 Å². The van der Waals surface area contributed by atoms with Gasteiger partial charge < -0.3 is 4.74 Å². The van der Waals surface area contributed by atoms with Gasteiger partial charge in [-0.15, -0.1) is 0 Å². The second-order valence-electron chi connectivity index (χ2n) is 5.76. The quantitative estimate of drug-likeness (QED) is 0.701. The summed E-state index contributed by atoms with van der Waals surface area (Å²) < 4.78 is 6.14. The van der Waals surface area contributed by atoms with Crippen LogP contribution in [0.2, 0.25) is 0 Å². The molecule has 114 valence electrons. The fourth-order valence-corrected chi connectivity index (χ4v) is 3.63. The Hall–Kier alpha value is -1.61. The van der Waals surface area contributed by atoms with Crippen molar-refractivity contribution in [2.45, 2.75) is 32.1 Å². The van der Waals surface area contributed by atoms with Gasteiger partial charge in [-0.1, -0.05) is 40.2 Å². The maximum absolute atomic E-state index is 12.0. The van der Waals surface area contributed by atoms with E-state index in [1.807, 2.05) is 6.07 Å². The number of carbonyl (C=O) groups excluding carboxylic acids is 1. The summed E-state index contributed by atoms with van der Waals surface area (Å²) in [4.78, 5) is 12.0. The van der Waals surface area contributed by atoms with Gasteiger partial charge in [-0.05, 0) is 66.5 Å². The van der Waals surface area contributed by atoms with E-state index in [0.717, 1.165) is 43.2 Å². The molecule has 4 bridgehead atoms. The summed E-state index contributed by atoms with van der Waals surface area (Å²) in [6.45, 7) is 0. The van der Waals surface area contributed by atoms with Crippen LogP contribution in [0.25, 0.3) is 0 Å². The minimum atomic E-state index is -0.229. The van der Waals surface area contributed by atoms with Crippen LogP contribution in [0, 0.1) is 0 Å². The number of aryl methyl sites for hydroxylation is 4. The Bertz CT molecular complexity index is 707. The lowest BCUT2D eigenvalue weighted by atomic mass is 9.97. The van der Waals surface area contributed by atoms with Gasteiger partial charge in [0.25, 0.3) is 0 Å². The molecule has 6 rings (SSSR count). The maximum atomic E-state index is 12.0. The number of benzene rings is 2. The number of rotatable bonds is 1. The molecule has 4 aliphatic rings. The van der Waals surface area contributed by atoms with Gasteiger partial charge in [-0.25, -0.2) is 4.79 Å². The predicted octanol–water partition coefficient (Wildman–Crippen LogP) is 4.51. The van der Waals surface area contributed by atoms with Crippen LogP contribution in [-0.2, 0) is 30.4 Å². The molecule has 0 saturated carbocycles. The zero-order valence-corrected chi connectivity index (χ0v) is 14.3. The minimum absolute atomic E-state index is 0.229. The van der Waals surface area contributed by atoms with E-state index in [4.69, 9.17) is 4.74 Å². The van der Waals surface area contributed by atoms with E-state index in [1.165, 1.54) is 28.3 Å². The van der Waals surface area contributed by atoms with Crippen molar-refractivity contribution in [3.8, 4) is 0 Å². The van der Waals surface area contributed by atoms with Crippen LogP contribution in [0.3, 0.4) is 0 Å². The zero-order chi connectivity index (χ0) is 15.5. The standard InChI is InChI=1S/C19H19BrO2/c1-22-19(21)17-11-13-5-6-14-8-10-16(18(20)12-14)4-2-3-15(17)9-7-13/h7-12H,2-6H2,1H3. The van der Waals surface area contributed by atoms with Gasteiger partial charge in [0, 0.05) is 4.47 Å². The molecule has 0 aromatic heterocycles. The first kappa shape index (κ1) is 15.3. The Labute approximate surface area is 139 Å². The average Bonchev–Trinajstić information content (AvgIpc) is 2.57. The Balaban J connectivity index is 1.98. The number of hydrogen-bond acceptors (Lipinski definition) is 2. The Morgan fingerprint density at radius 1 is 0.955 bits per heavy atom. The molecule has 0 radical (unpaired) electrons.